The molecule has 0 atom stereocenters. The second-order valence-electron chi connectivity index (χ2n) is 4.23. The van der Waals surface area contributed by atoms with E-state index in [2.05, 4.69) is 20.4 Å². The fraction of sp³-hybridized carbons (Fsp3) is 0.167. The second-order valence-corrected chi connectivity index (χ2v) is 5.18. The molecule has 7 nitrogen and oxygen atoms in total. The first-order valence-corrected chi connectivity index (χ1v) is 6.73. The first kappa shape index (κ1) is 12.5. The Kier molecular flexibility index (Phi) is 3.07. The van der Waals surface area contributed by atoms with Crippen molar-refractivity contribution in [3.05, 3.63) is 40.1 Å². The monoisotopic (exact) mass is 289 g/mol. The number of carbonyl (C=O) groups is 1. The summed E-state index contributed by atoms with van der Waals surface area (Å²) in [5.74, 6) is -0.216. The van der Waals surface area contributed by atoms with Gasteiger partial charge in [0.25, 0.3) is 0 Å². The van der Waals surface area contributed by atoms with E-state index in [1.54, 1.807) is 4.52 Å². The maximum absolute atomic E-state index is 10.8. The molecule has 102 valence electrons. The van der Waals surface area contributed by atoms with Crippen LogP contribution in [0.2, 0.25) is 0 Å². The van der Waals surface area contributed by atoms with Gasteiger partial charge in [0.2, 0.25) is 0 Å². The molecular weight excluding hydrogens is 278 g/mol. The lowest BCUT2D eigenvalue weighted by atomic mass is 10.3. The van der Waals surface area contributed by atoms with Crippen LogP contribution < -0.4 is 5.32 Å². The fourth-order valence-corrected chi connectivity index (χ4v) is 2.55. The molecule has 0 aromatic carbocycles. The summed E-state index contributed by atoms with van der Waals surface area (Å²) < 4.78 is 1.69. The lowest BCUT2D eigenvalue weighted by molar-refractivity contribution is 0.0691. The van der Waals surface area contributed by atoms with Gasteiger partial charge in [-0.2, -0.15) is 9.61 Å². The average molecular weight is 289 g/mol. The number of hydrogen-bond donors (Lipinski definition) is 2. The molecule has 0 unspecified atom stereocenters. The zero-order valence-corrected chi connectivity index (χ0v) is 11.4. The van der Waals surface area contributed by atoms with Gasteiger partial charge in [-0.3, -0.25) is 0 Å². The van der Waals surface area contributed by atoms with Crippen molar-refractivity contribution in [2.24, 2.45) is 0 Å². The van der Waals surface area contributed by atoms with Crippen molar-refractivity contribution in [1.29, 1.82) is 0 Å². The molecular formula is C12H11N5O2S. The Morgan fingerprint density at radius 1 is 1.50 bits per heavy atom. The number of carboxylic acids is 1. The van der Waals surface area contributed by atoms with Crippen molar-refractivity contribution in [2.75, 3.05) is 5.32 Å². The highest BCUT2D eigenvalue weighted by Crippen LogP contribution is 2.16. The average Bonchev–Trinajstić information content (AvgIpc) is 3.04. The van der Waals surface area contributed by atoms with Gasteiger partial charge in [0, 0.05) is 5.38 Å². The molecule has 0 bridgehead atoms. The zero-order valence-electron chi connectivity index (χ0n) is 10.6. The van der Waals surface area contributed by atoms with E-state index in [1.165, 1.54) is 23.0 Å². The lowest BCUT2D eigenvalue weighted by Crippen LogP contribution is -2.06. The topological polar surface area (TPSA) is 92.4 Å². The van der Waals surface area contributed by atoms with Crippen LogP contribution in [0, 0.1) is 6.92 Å². The van der Waals surface area contributed by atoms with Gasteiger partial charge < -0.3 is 10.4 Å². The molecule has 3 rings (SSSR count). The third-order valence-corrected chi connectivity index (χ3v) is 3.56. The SMILES string of the molecule is Cc1cc(NCc2nc(C(=O)O)cs2)n2ncnc2c1. The number of hydrogen-bond acceptors (Lipinski definition) is 6. The van der Waals surface area contributed by atoms with Gasteiger partial charge in [0.05, 0.1) is 6.54 Å². The Morgan fingerprint density at radius 2 is 2.35 bits per heavy atom. The van der Waals surface area contributed by atoms with Crippen LogP contribution in [0.15, 0.2) is 23.8 Å². The molecule has 20 heavy (non-hydrogen) atoms. The van der Waals surface area contributed by atoms with Crippen molar-refractivity contribution in [2.45, 2.75) is 13.5 Å². The smallest absolute Gasteiger partial charge is 0.355 e. The number of aromatic carboxylic acids is 1. The molecule has 3 aromatic heterocycles. The van der Waals surface area contributed by atoms with Crippen LogP contribution in [-0.2, 0) is 6.54 Å². The van der Waals surface area contributed by atoms with E-state index < -0.39 is 5.97 Å². The number of aryl methyl sites for hydroxylation is 1. The summed E-state index contributed by atoms with van der Waals surface area (Å²) in [6.45, 7) is 2.42. The Morgan fingerprint density at radius 3 is 3.10 bits per heavy atom. The summed E-state index contributed by atoms with van der Waals surface area (Å²) in [5, 5.41) is 18.4. The number of nitrogens with zero attached hydrogens (tertiary/aromatic N) is 4. The Balaban J connectivity index is 1.82. The molecule has 0 radical (unpaired) electrons. The minimum Gasteiger partial charge on any atom is -0.476 e. The number of fused-ring (bicyclic) bond motifs is 1. The molecule has 8 heteroatoms. The summed E-state index contributed by atoms with van der Waals surface area (Å²) >= 11 is 1.31. The van der Waals surface area contributed by atoms with Gasteiger partial charge in [0.15, 0.2) is 11.3 Å². The quantitative estimate of drug-likeness (QED) is 0.761. The Hall–Kier alpha value is -2.48. The van der Waals surface area contributed by atoms with Crippen molar-refractivity contribution < 1.29 is 9.90 Å². The van der Waals surface area contributed by atoms with Gasteiger partial charge >= 0.3 is 5.97 Å². The number of nitrogens with one attached hydrogen (secondary N) is 1. The maximum atomic E-state index is 10.8. The second kappa shape index (κ2) is 4.89. The first-order valence-electron chi connectivity index (χ1n) is 5.85. The molecule has 0 aliphatic carbocycles. The summed E-state index contributed by atoms with van der Waals surface area (Å²) in [6, 6.07) is 3.89. The maximum Gasteiger partial charge on any atom is 0.355 e. The van der Waals surface area contributed by atoms with Crippen LogP contribution in [-0.4, -0.2) is 30.7 Å². The van der Waals surface area contributed by atoms with Crippen LogP contribution in [0.25, 0.3) is 5.65 Å². The molecule has 0 fully saturated rings. The standard InChI is InChI=1S/C12H11N5O2S/c1-7-2-9(17-10(3-7)14-6-15-17)13-4-11-16-8(5-20-11)12(18)19/h2-3,5-6,13H,4H2,1H3,(H,18,19). The largest absolute Gasteiger partial charge is 0.476 e. The van der Waals surface area contributed by atoms with E-state index in [4.69, 9.17) is 5.11 Å². The van der Waals surface area contributed by atoms with Crippen LogP contribution in [0.4, 0.5) is 5.82 Å². The predicted molar refractivity (Wildman–Crippen MR) is 74.1 cm³/mol. The summed E-state index contributed by atoms with van der Waals surface area (Å²) in [6.07, 6.45) is 1.49. The van der Waals surface area contributed by atoms with Gasteiger partial charge in [-0.1, -0.05) is 0 Å². The van der Waals surface area contributed by atoms with Crippen LogP contribution in [0.5, 0.6) is 0 Å². The van der Waals surface area contributed by atoms with Gasteiger partial charge in [-0.15, -0.1) is 11.3 Å². The fourth-order valence-electron chi connectivity index (χ4n) is 1.84. The number of carboxylic acid groups (broad SMARTS) is 1. The summed E-state index contributed by atoms with van der Waals surface area (Å²) in [5.41, 5.74) is 1.90. The van der Waals surface area contributed by atoms with E-state index in [0.717, 1.165) is 17.0 Å². The molecule has 3 aromatic rings. The number of aromatic nitrogens is 4. The molecule has 0 spiro atoms. The summed E-state index contributed by atoms with van der Waals surface area (Å²) in [4.78, 5) is 18.9. The van der Waals surface area contributed by atoms with E-state index in [0.29, 0.717) is 11.6 Å². The third kappa shape index (κ3) is 2.32. The lowest BCUT2D eigenvalue weighted by Gasteiger charge is -2.07. The van der Waals surface area contributed by atoms with E-state index in [-0.39, 0.29) is 5.69 Å². The van der Waals surface area contributed by atoms with Crippen molar-refractivity contribution in [3.63, 3.8) is 0 Å². The molecule has 0 saturated carbocycles. The highest BCUT2D eigenvalue weighted by molar-refractivity contribution is 7.09. The molecule has 0 saturated heterocycles. The van der Waals surface area contributed by atoms with Crippen LogP contribution in [0.1, 0.15) is 21.1 Å². The predicted octanol–water partition coefficient (Wildman–Crippen LogP) is 1.80. The zero-order chi connectivity index (χ0) is 14.1. The normalized spacial score (nSPS) is 10.8. The van der Waals surface area contributed by atoms with Crippen LogP contribution in [0.3, 0.4) is 0 Å². The molecule has 0 aliphatic heterocycles. The molecule has 0 aliphatic rings. The van der Waals surface area contributed by atoms with Crippen LogP contribution >= 0.6 is 11.3 Å². The first-order chi connectivity index (χ1) is 9.63. The highest BCUT2D eigenvalue weighted by Gasteiger charge is 2.09. The molecule has 0 amide bonds. The summed E-state index contributed by atoms with van der Waals surface area (Å²) in [7, 11) is 0. The van der Waals surface area contributed by atoms with Gasteiger partial charge in [-0.05, 0) is 24.6 Å². The number of thiazole rings is 1. The third-order valence-electron chi connectivity index (χ3n) is 2.72. The van der Waals surface area contributed by atoms with Crippen molar-refractivity contribution in [1.82, 2.24) is 19.6 Å². The van der Waals surface area contributed by atoms with Crippen molar-refractivity contribution in [3.8, 4) is 0 Å². The minimum absolute atomic E-state index is 0.0712. The molecule has 3 heterocycles. The number of pyridine rings is 1. The Labute approximate surface area is 117 Å². The molecule has 2 N–H and O–H groups in total. The highest BCUT2D eigenvalue weighted by atomic mass is 32.1. The van der Waals surface area contributed by atoms with Gasteiger partial charge in [-0.25, -0.2) is 14.8 Å². The van der Waals surface area contributed by atoms with E-state index >= 15 is 0 Å². The van der Waals surface area contributed by atoms with E-state index in [9.17, 15) is 4.79 Å². The van der Waals surface area contributed by atoms with Crippen molar-refractivity contribution >= 4 is 28.8 Å². The van der Waals surface area contributed by atoms with Gasteiger partial charge in [0.1, 0.15) is 17.2 Å². The minimum atomic E-state index is -1.01. The van der Waals surface area contributed by atoms with E-state index in [1.807, 2.05) is 19.1 Å². The Bertz CT molecular complexity index is 779. The number of rotatable bonds is 4. The number of anilines is 1.